The lowest BCUT2D eigenvalue weighted by Crippen LogP contribution is -2.22. The number of aryl methyl sites for hydroxylation is 1. The fourth-order valence-corrected chi connectivity index (χ4v) is 2.44. The summed E-state index contributed by atoms with van der Waals surface area (Å²) in [5.41, 5.74) is 7.51. The first-order valence-corrected chi connectivity index (χ1v) is 6.55. The standard InChI is InChI=1S/C12H12ClN3OS/c1-7-6-18-11(16-7)5-15-12(17)8-2-9(13)4-10(14)3-8/h2-4,6H,5,14H2,1H3,(H,15,17). The smallest absolute Gasteiger partial charge is 0.251 e. The molecule has 2 aromatic rings. The molecule has 0 spiro atoms. The van der Waals surface area contributed by atoms with Gasteiger partial charge in [-0.3, -0.25) is 4.79 Å². The molecule has 0 atom stereocenters. The molecule has 1 amide bonds. The Labute approximate surface area is 114 Å². The van der Waals surface area contributed by atoms with E-state index in [9.17, 15) is 4.79 Å². The van der Waals surface area contributed by atoms with Crippen LogP contribution in [0, 0.1) is 6.92 Å². The maximum atomic E-state index is 11.9. The summed E-state index contributed by atoms with van der Waals surface area (Å²) in [5, 5.41) is 6.04. The van der Waals surface area contributed by atoms with Crippen LogP contribution in [0.25, 0.3) is 0 Å². The van der Waals surface area contributed by atoms with Gasteiger partial charge in [-0.05, 0) is 25.1 Å². The highest BCUT2D eigenvalue weighted by Gasteiger charge is 2.08. The molecule has 0 unspecified atom stereocenters. The first kappa shape index (κ1) is 12.9. The van der Waals surface area contributed by atoms with E-state index in [2.05, 4.69) is 10.3 Å². The van der Waals surface area contributed by atoms with Crippen molar-refractivity contribution in [3.05, 3.63) is 44.9 Å². The van der Waals surface area contributed by atoms with Gasteiger partial charge in [0.05, 0.1) is 6.54 Å². The van der Waals surface area contributed by atoms with Gasteiger partial charge in [-0.15, -0.1) is 11.3 Å². The number of halogens is 1. The fraction of sp³-hybridized carbons (Fsp3) is 0.167. The van der Waals surface area contributed by atoms with Crippen LogP contribution < -0.4 is 11.1 Å². The highest BCUT2D eigenvalue weighted by molar-refractivity contribution is 7.09. The average molecular weight is 282 g/mol. The third-order valence-electron chi connectivity index (χ3n) is 2.25. The second-order valence-electron chi connectivity index (χ2n) is 3.84. The summed E-state index contributed by atoms with van der Waals surface area (Å²) in [6.07, 6.45) is 0. The zero-order valence-corrected chi connectivity index (χ0v) is 11.3. The van der Waals surface area contributed by atoms with Crippen LogP contribution in [0.1, 0.15) is 21.1 Å². The number of thiazole rings is 1. The van der Waals surface area contributed by atoms with Crippen molar-refractivity contribution in [2.45, 2.75) is 13.5 Å². The maximum absolute atomic E-state index is 11.9. The number of nitrogens with zero attached hydrogens (tertiary/aromatic N) is 1. The van der Waals surface area contributed by atoms with Gasteiger partial charge < -0.3 is 11.1 Å². The van der Waals surface area contributed by atoms with Gasteiger partial charge in [-0.2, -0.15) is 0 Å². The van der Waals surface area contributed by atoms with Gasteiger partial charge in [0.1, 0.15) is 5.01 Å². The number of carbonyl (C=O) groups is 1. The van der Waals surface area contributed by atoms with Crippen molar-refractivity contribution in [3.63, 3.8) is 0 Å². The highest BCUT2D eigenvalue weighted by Crippen LogP contribution is 2.16. The molecule has 0 aliphatic heterocycles. The molecule has 0 aliphatic carbocycles. The largest absolute Gasteiger partial charge is 0.399 e. The molecule has 0 saturated carbocycles. The number of nitrogens with two attached hydrogens (primary N) is 1. The van der Waals surface area contributed by atoms with Gasteiger partial charge in [-0.25, -0.2) is 4.98 Å². The van der Waals surface area contributed by atoms with Crippen molar-refractivity contribution in [2.24, 2.45) is 0 Å². The van der Waals surface area contributed by atoms with E-state index in [0.717, 1.165) is 10.7 Å². The number of rotatable bonds is 3. The molecular weight excluding hydrogens is 270 g/mol. The van der Waals surface area contributed by atoms with E-state index in [1.165, 1.54) is 11.3 Å². The molecule has 0 aliphatic rings. The Hall–Kier alpha value is -1.59. The second kappa shape index (κ2) is 5.37. The minimum Gasteiger partial charge on any atom is -0.399 e. The number of hydrogen-bond acceptors (Lipinski definition) is 4. The maximum Gasteiger partial charge on any atom is 0.251 e. The Morgan fingerprint density at radius 3 is 2.89 bits per heavy atom. The van der Waals surface area contributed by atoms with Crippen molar-refractivity contribution in [1.29, 1.82) is 0 Å². The molecule has 1 heterocycles. The van der Waals surface area contributed by atoms with Crippen molar-refractivity contribution in [2.75, 3.05) is 5.73 Å². The molecule has 18 heavy (non-hydrogen) atoms. The lowest BCUT2D eigenvalue weighted by atomic mass is 10.2. The summed E-state index contributed by atoms with van der Waals surface area (Å²) < 4.78 is 0. The molecular formula is C12H12ClN3OS. The number of benzene rings is 1. The monoisotopic (exact) mass is 281 g/mol. The molecule has 6 heteroatoms. The van der Waals surface area contributed by atoms with Crippen LogP contribution in [0.2, 0.25) is 5.02 Å². The first-order chi connectivity index (χ1) is 8.54. The minimum absolute atomic E-state index is 0.211. The summed E-state index contributed by atoms with van der Waals surface area (Å²) in [7, 11) is 0. The van der Waals surface area contributed by atoms with Gasteiger partial charge in [0.25, 0.3) is 5.91 Å². The summed E-state index contributed by atoms with van der Waals surface area (Å²) in [6.45, 7) is 2.32. The molecule has 0 fully saturated rings. The van der Waals surface area contributed by atoms with Gasteiger partial charge >= 0.3 is 0 Å². The van der Waals surface area contributed by atoms with Crippen molar-refractivity contribution in [1.82, 2.24) is 10.3 Å². The van der Waals surface area contributed by atoms with Crippen molar-refractivity contribution in [3.8, 4) is 0 Å². The predicted octanol–water partition coefficient (Wildman–Crippen LogP) is 2.62. The Morgan fingerprint density at radius 1 is 1.50 bits per heavy atom. The van der Waals surface area contributed by atoms with Crippen LogP contribution in [-0.2, 0) is 6.54 Å². The van der Waals surface area contributed by atoms with Gasteiger partial charge in [0.2, 0.25) is 0 Å². The number of nitrogen functional groups attached to an aromatic ring is 1. The average Bonchev–Trinajstić information content (AvgIpc) is 2.70. The van der Waals surface area contributed by atoms with Gasteiger partial charge in [0, 0.05) is 27.3 Å². The van der Waals surface area contributed by atoms with Crippen LogP contribution in [0.15, 0.2) is 23.6 Å². The highest BCUT2D eigenvalue weighted by atomic mass is 35.5. The van der Waals surface area contributed by atoms with Crippen LogP contribution in [0.5, 0.6) is 0 Å². The molecule has 1 aromatic carbocycles. The number of nitrogens with one attached hydrogen (secondary N) is 1. The Bertz CT molecular complexity index is 562. The Morgan fingerprint density at radius 2 is 2.28 bits per heavy atom. The molecule has 1 aromatic heterocycles. The molecule has 2 rings (SSSR count). The molecule has 3 N–H and O–H groups in total. The summed E-state index contributed by atoms with van der Waals surface area (Å²) >= 11 is 7.36. The quantitative estimate of drug-likeness (QED) is 0.850. The van der Waals surface area contributed by atoms with E-state index < -0.39 is 0 Å². The van der Waals surface area contributed by atoms with E-state index >= 15 is 0 Å². The lowest BCUT2D eigenvalue weighted by Gasteiger charge is -2.04. The zero-order valence-electron chi connectivity index (χ0n) is 9.74. The van der Waals surface area contributed by atoms with Gasteiger partial charge in [-0.1, -0.05) is 11.6 Å². The van der Waals surface area contributed by atoms with E-state index in [1.807, 2.05) is 12.3 Å². The van der Waals surface area contributed by atoms with Crippen molar-refractivity contribution < 1.29 is 4.79 Å². The molecule has 0 saturated heterocycles. The number of amides is 1. The number of anilines is 1. The number of carbonyl (C=O) groups excluding carboxylic acids is 1. The molecule has 0 bridgehead atoms. The van der Waals surface area contributed by atoms with E-state index in [4.69, 9.17) is 17.3 Å². The Kier molecular flexibility index (Phi) is 3.84. The predicted molar refractivity (Wildman–Crippen MR) is 73.9 cm³/mol. The minimum atomic E-state index is -0.211. The third kappa shape index (κ3) is 3.21. The lowest BCUT2D eigenvalue weighted by molar-refractivity contribution is 0.0951. The SMILES string of the molecule is Cc1csc(CNC(=O)c2cc(N)cc(Cl)c2)n1. The van der Waals surface area contributed by atoms with Crippen LogP contribution in [0.3, 0.4) is 0 Å². The van der Waals surface area contributed by atoms with Gasteiger partial charge in [0.15, 0.2) is 0 Å². The van der Waals surface area contributed by atoms with E-state index in [0.29, 0.717) is 22.8 Å². The second-order valence-corrected chi connectivity index (χ2v) is 5.22. The number of hydrogen-bond donors (Lipinski definition) is 2. The van der Waals surface area contributed by atoms with Crippen LogP contribution >= 0.6 is 22.9 Å². The van der Waals surface area contributed by atoms with E-state index in [-0.39, 0.29) is 5.91 Å². The molecule has 0 radical (unpaired) electrons. The summed E-state index contributed by atoms with van der Waals surface area (Å²) in [4.78, 5) is 16.1. The topological polar surface area (TPSA) is 68.0 Å². The molecule has 4 nitrogen and oxygen atoms in total. The van der Waals surface area contributed by atoms with Crippen molar-refractivity contribution >= 4 is 34.5 Å². The summed E-state index contributed by atoms with van der Waals surface area (Å²) in [6, 6.07) is 4.77. The third-order valence-corrected chi connectivity index (χ3v) is 3.43. The molecule has 94 valence electrons. The Balaban J connectivity index is 2.03. The fourth-order valence-electron chi connectivity index (χ4n) is 1.49. The number of aromatic nitrogens is 1. The zero-order chi connectivity index (χ0) is 13.1. The first-order valence-electron chi connectivity index (χ1n) is 5.30. The van der Waals surface area contributed by atoms with Crippen LogP contribution in [-0.4, -0.2) is 10.9 Å². The summed E-state index contributed by atoms with van der Waals surface area (Å²) in [5.74, 6) is -0.211. The van der Waals surface area contributed by atoms with Crippen LogP contribution in [0.4, 0.5) is 5.69 Å². The van der Waals surface area contributed by atoms with E-state index in [1.54, 1.807) is 18.2 Å². The normalized spacial score (nSPS) is 10.3.